The van der Waals surface area contributed by atoms with Gasteiger partial charge in [0.25, 0.3) is 17.7 Å². The molecule has 0 saturated carbocycles. The third-order valence-electron chi connectivity index (χ3n) is 4.55. The van der Waals surface area contributed by atoms with Crippen LogP contribution in [0.1, 0.15) is 54.4 Å². The van der Waals surface area contributed by atoms with Gasteiger partial charge < -0.3 is 28.4 Å². The van der Waals surface area contributed by atoms with Gasteiger partial charge in [0.2, 0.25) is 0 Å². The smallest absolute Gasteiger partial charge is 0.283 e. The standard InChI is InChI=1S/C18H42O10S2Si2/c1-7-23-15(13-17(31,25-9-3)26-10-4)29(19,20)30(21,22)16(24-8-2)14-18(32,27-11-5)28-12-6/h15-16H,7-14H2,1-6,31-32H3. The molecule has 0 bridgehead atoms. The Morgan fingerprint density at radius 2 is 0.812 bits per heavy atom. The van der Waals surface area contributed by atoms with Crippen molar-refractivity contribution in [3.63, 3.8) is 0 Å². The maximum atomic E-state index is 13.4. The second-order valence-electron chi connectivity index (χ2n) is 7.16. The monoisotopic (exact) mass is 538 g/mol. The molecule has 0 aromatic heterocycles. The van der Waals surface area contributed by atoms with E-state index < -0.39 is 39.4 Å². The Labute approximate surface area is 199 Å². The Morgan fingerprint density at radius 3 is 1.00 bits per heavy atom. The molecule has 2 atom stereocenters. The van der Waals surface area contributed by atoms with Crippen LogP contribution in [0.15, 0.2) is 0 Å². The zero-order chi connectivity index (χ0) is 25.1. The molecule has 2 unspecified atom stereocenters. The average molecular weight is 539 g/mol. The largest absolute Gasteiger partial charge is 0.361 e. The lowest BCUT2D eigenvalue weighted by molar-refractivity contribution is -0.186. The molecular formula is C18H42O10S2Si2. The van der Waals surface area contributed by atoms with E-state index in [1.807, 2.05) is 0 Å². The molecule has 0 heterocycles. The molecule has 0 aromatic rings. The van der Waals surface area contributed by atoms with Crippen molar-refractivity contribution in [1.29, 1.82) is 0 Å². The van der Waals surface area contributed by atoms with Crippen molar-refractivity contribution in [2.24, 2.45) is 0 Å². The highest BCUT2D eigenvalue weighted by Gasteiger charge is 2.49. The van der Waals surface area contributed by atoms with E-state index in [0.29, 0.717) is 20.5 Å². The first-order valence-electron chi connectivity index (χ1n) is 11.1. The van der Waals surface area contributed by atoms with E-state index >= 15 is 0 Å². The second-order valence-corrected chi connectivity index (χ2v) is 16.0. The molecule has 0 saturated heterocycles. The van der Waals surface area contributed by atoms with Gasteiger partial charge in [-0.25, -0.2) is 16.8 Å². The van der Waals surface area contributed by atoms with Crippen LogP contribution >= 0.6 is 0 Å². The van der Waals surface area contributed by atoms with Crippen molar-refractivity contribution in [1.82, 2.24) is 0 Å². The summed E-state index contributed by atoms with van der Waals surface area (Å²) in [6, 6.07) is 0. The highest BCUT2D eigenvalue weighted by molar-refractivity contribution is 8.67. The minimum Gasteiger partial charge on any atom is -0.361 e. The number of hydrogen-bond acceptors (Lipinski definition) is 10. The molecular weight excluding hydrogens is 496 g/mol. The van der Waals surface area contributed by atoms with Crippen LogP contribution in [0.25, 0.3) is 0 Å². The minimum absolute atomic E-state index is 0.00285. The Bertz CT molecular complexity index is 656. The number of ether oxygens (including phenoxy) is 6. The first-order valence-corrected chi connectivity index (χ1v) is 16.7. The summed E-state index contributed by atoms with van der Waals surface area (Å²) >= 11 is 0. The van der Waals surface area contributed by atoms with Gasteiger partial charge in [-0.3, -0.25) is 0 Å². The van der Waals surface area contributed by atoms with Crippen LogP contribution < -0.4 is 0 Å². The number of hydrogen-bond donors (Lipinski definition) is 0. The number of rotatable bonds is 19. The van der Waals surface area contributed by atoms with E-state index in [1.54, 1.807) is 41.5 Å². The predicted molar refractivity (Wildman–Crippen MR) is 130 cm³/mol. The lowest BCUT2D eigenvalue weighted by Gasteiger charge is -2.35. The minimum atomic E-state index is -4.86. The van der Waals surface area contributed by atoms with Gasteiger partial charge >= 0.3 is 0 Å². The molecule has 14 heteroatoms. The van der Waals surface area contributed by atoms with Gasteiger partial charge in [-0.05, 0) is 41.5 Å². The lowest BCUT2D eigenvalue weighted by Crippen LogP contribution is -2.48. The molecule has 0 rings (SSSR count). The fourth-order valence-electron chi connectivity index (χ4n) is 3.31. The third-order valence-corrected chi connectivity index (χ3v) is 12.3. The Morgan fingerprint density at radius 1 is 0.562 bits per heavy atom. The normalized spacial score (nSPS) is 15.8. The van der Waals surface area contributed by atoms with Crippen LogP contribution in [0.3, 0.4) is 0 Å². The summed E-state index contributed by atoms with van der Waals surface area (Å²) in [5.74, 6) is 0. The summed E-state index contributed by atoms with van der Waals surface area (Å²) in [5, 5.41) is 0. The van der Waals surface area contributed by atoms with Crippen LogP contribution in [0, 0.1) is 0 Å². The molecule has 10 nitrogen and oxygen atoms in total. The van der Waals surface area contributed by atoms with Gasteiger partial charge in [0.1, 0.15) is 10.8 Å². The van der Waals surface area contributed by atoms with E-state index in [0.717, 1.165) is 0 Å². The molecule has 0 radical (unpaired) electrons. The molecule has 0 N–H and O–H groups in total. The summed E-state index contributed by atoms with van der Waals surface area (Å²) < 4.78 is 87.0. The molecule has 0 aliphatic rings. The van der Waals surface area contributed by atoms with Crippen LogP contribution in [-0.4, -0.2) is 98.7 Å². The molecule has 0 fully saturated rings. The summed E-state index contributed by atoms with van der Waals surface area (Å²) in [4.78, 5) is 0. The zero-order valence-electron chi connectivity index (χ0n) is 20.7. The van der Waals surface area contributed by atoms with E-state index in [1.165, 1.54) is 0 Å². The van der Waals surface area contributed by atoms with E-state index in [2.05, 4.69) is 0 Å². The van der Waals surface area contributed by atoms with Crippen molar-refractivity contribution in [2.45, 2.75) is 76.1 Å². The zero-order valence-corrected chi connectivity index (χ0v) is 26.3. The molecule has 194 valence electrons. The molecule has 0 aliphatic heterocycles. The highest BCUT2D eigenvalue weighted by atomic mass is 33.2. The first kappa shape index (κ1) is 32.1. The van der Waals surface area contributed by atoms with Crippen LogP contribution in [0.2, 0.25) is 0 Å². The Kier molecular flexibility index (Phi) is 14.5. The highest BCUT2D eigenvalue weighted by Crippen LogP contribution is 2.30. The van der Waals surface area contributed by atoms with Gasteiger partial charge in [-0.1, -0.05) is 0 Å². The van der Waals surface area contributed by atoms with Crippen molar-refractivity contribution in [2.75, 3.05) is 39.6 Å². The fraction of sp³-hybridized carbons (Fsp3) is 1.00. The van der Waals surface area contributed by atoms with Crippen molar-refractivity contribution in [3.05, 3.63) is 0 Å². The summed E-state index contributed by atoms with van der Waals surface area (Å²) in [5.41, 5.74) is -5.74. The van der Waals surface area contributed by atoms with Gasteiger partial charge in [-0.2, -0.15) is 0 Å². The van der Waals surface area contributed by atoms with E-state index in [9.17, 15) is 16.8 Å². The topological polar surface area (TPSA) is 124 Å². The van der Waals surface area contributed by atoms with Crippen LogP contribution in [0.5, 0.6) is 0 Å². The summed E-state index contributed by atoms with van der Waals surface area (Å²) in [7, 11) is -9.12. The van der Waals surface area contributed by atoms with Gasteiger partial charge in [0.05, 0.1) is 20.5 Å². The molecule has 0 aliphatic carbocycles. The first-order chi connectivity index (χ1) is 14.8. The molecule has 32 heavy (non-hydrogen) atoms. The van der Waals surface area contributed by atoms with Crippen molar-refractivity contribution in [3.8, 4) is 0 Å². The predicted octanol–water partition coefficient (Wildman–Crippen LogP) is -0.579. The van der Waals surface area contributed by atoms with Gasteiger partial charge in [0.15, 0.2) is 10.9 Å². The summed E-state index contributed by atoms with van der Waals surface area (Å²) in [6.07, 6.45) is -0.532. The van der Waals surface area contributed by atoms with Gasteiger partial charge in [0, 0.05) is 52.5 Å². The maximum absolute atomic E-state index is 13.4. The van der Waals surface area contributed by atoms with Crippen LogP contribution in [-0.2, 0) is 46.2 Å². The molecule has 0 amide bonds. The lowest BCUT2D eigenvalue weighted by atomic mass is 10.4. The van der Waals surface area contributed by atoms with E-state index in [4.69, 9.17) is 28.4 Å². The molecule has 0 aromatic carbocycles. The maximum Gasteiger partial charge on any atom is 0.283 e. The van der Waals surface area contributed by atoms with Crippen molar-refractivity contribution >= 4 is 38.2 Å². The summed E-state index contributed by atoms with van der Waals surface area (Å²) in [6.45, 7) is 11.3. The van der Waals surface area contributed by atoms with E-state index in [-0.39, 0.29) is 52.5 Å². The average Bonchev–Trinajstić information content (AvgIpc) is 2.67. The Hall–Kier alpha value is 0.0938. The second kappa shape index (κ2) is 14.5. The fourth-order valence-corrected chi connectivity index (χ4v) is 10.5. The SMILES string of the molecule is CCOC(CC([SiH3])(OCC)OCC)S(=O)(=O)S(=O)(=O)C(CC([SiH3])(OCC)OCC)OCC. The quantitative estimate of drug-likeness (QED) is 0.120. The van der Waals surface area contributed by atoms with Crippen molar-refractivity contribution < 1.29 is 45.3 Å². The Balaban J connectivity index is 6.21. The van der Waals surface area contributed by atoms with Gasteiger partial charge in [-0.15, -0.1) is 0 Å². The third kappa shape index (κ3) is 9.04. The van der Waals surface area contributed by atoms with Crippen LogP contribution in [0.4, 0.5) is 0 Å². The molecule has 0 spiro atoms.